The van der Waals surface area contributed by atoms with Crippen LogP contribution in [0.5, 0.6) is 5.75 Å². The van der Waals surface area contributed by atoms with Crippen molar-refractivity contribution in [2.75, 3.05) is 23.3 Å². The Labute approximate surface area is 205 Å². The van der Waals surface area contributed by atoms with Crippen LogP contribution in [0.15, 0.2) is 84.9 Å². The van der Waals surface area contributed by atoms with Crippen LogP contribution < -0.4 is 15.0 Å². The van der Waals surface area contributed by atoms with Crippen molar-refractivity contribution in [3.05, 3.63) is 96.3 Å². The molecule has 0 aliphatic carbocycles. The number of H-pyrrole nitrogens is 1. The van der Waals surface area contributed by atoms with E-state index in [4.69, 9.17) is 4.74 Å². The number of hydrogen-bond acceptors (Lipinski definition) is 6. The van der Waals surface area contributed by atoms with E-state index in [2.05, 4.69) is 30.6 Å². The number of aromatic nitrogens is 4. The maximum Gasteiger partial charge on any atom is 0.258 e. The van der Waals surface area contributed by atoms with Crippen molar-refractivity contribution in [1.29, 1.82) is 0 Å². The third-order valence-electron chi connectivity index (χ3n) is 6.08. The molecule has 6 rings (SSSR count). The van der Waals surface area contributed by atoms with Crippen LogP contribution in [0.4, 0.5) is 15.8 Å². The predicted octanol–water partition coefficient (Wildman–Crippen LogP) is 4.68. The molecule has 3 aromatic carbocycles. The second-order valence-corrected chi connectivity index (χ2v) is 8.53. The molecule has 0 atom stereocenters. The largest absolute Gasteiger partial charge is 0.487 e. The molecule has 2 aromatic heterocycles. The first kappa shape index (κ1) is 21.7. The van der Waals surface area contributed by atoms with Gasteiger partial charge in [-0.1, -0.05) is 23.4 Å². The number of pyridine rings is 1. The van der Waals surface area contributed by atoms with Crippen molar-refractivity contribution in [2.45, 2.75) is 6.10 Å². The number of aromatic amines is 1. The summed E-state index contributed by atoms with van der Waals surface area (Å²) in [6, 6.07) is 25.1. The fraction of sp³-hybridized carbons (Fsp3) is 0.111. The number of anilines is 2. The quantitative estimate of drug-likeness (QED) is 0.366. The Balaban J connectivity index is 1.11. The number of benzene rings is 3. The molecule has 0 spiro atoms. The molecule has 3 heterocycles. The number of carbonyl (C=O) groups excluding carboxylic acids is 1. The van der Waals surface area contributed by atoms with E-state index in [9.17, 15) is 9.18 Å². The molecule has 36 heavy (non-hydrogen) atoms. The smallest absolute Gasteiger partial charge is 0.258 e. The molecule has 5 aromatic rings. The number of para-hydroxylation sites is 1. The van der Waals surface area contributed by atoms with E-state index in [0.717, 1.165) is 24.5 Å². The van der Waals surface area contributed by atoms with Gasteiger partial charge in [-0.3, -0.25) is 9.89 Å². The van der Waals surface area contributed by atoms with Crippen LogP contribution in [-0.2, 0) is 0 Å². The molecule has 2 N–H and O–H groups in total. The summed E-state index contributed by atoms with van der Waals surface area (Å²) in [4.78, 5) is 19.5. The molecule has 8 nitrogen and oxygen atoms in total. The molecule has 0 saturated carbocycles. The third-order valence-corrected chi connectivity index (χ3v) is 6.08. The van der Waals surface area contributed by atoms with E-state index in [0.29, 0.717) is 28.1 Å². The number of rotatable bonds is 6. The molecule has 0 radical (unpaired) electrons. The molecule has 0 bridgehead atoms. The van der Waals surface area contributed by atoms with Gasteiger partial charge >= 0.3 is 0 Å². The lowest BCUT2D eigenvalue weighted by Crippen LogP contribution is -2.54. The minimum atomic E-state index is -0.611. The number of nitrogens with zero attached hydrogens (tertiary/aromatic N) is 4. The monoisotopic (exact) mass is 480 g/mol. The number of carbonyl (C=O) groups is 1. The molecule has 1 fully saturated rings. The van der Waals surface area contributed by atoms with Gasteiger partial charge in [-0.05, 0) is 66.7 Å². The third kappa shape index (κ3) is 4.34. The Morgan fingerprint density at radius 1 is 1.00 bits per heavy atom. The minimum Gasteiger partial charge on any atom is -0.487 e. The van der Waals surface area contributed by atoms with E-state index in [1.165, 1.54) is 12.1 Å². The van der Waals surface area contributed by atoms with Gasteiger partial charge in [0.25, 0.3) is 5.91 Å². The van der Waals surface area contributed by atoms with E-state index >= 15 is 0 Å². The summed E-state index contributed by atoms with van der Waals surface area (Å²) in [7, 11) is 0. The van der Waals surface area contributed by atoms with Crippen LogP contribution in [-0.4, -0.2) is 45.5 Å². The van der Waals surface area contributed by atoms with Crippen LogP contribution in [0, 0.1) is 5.82 Å². The van der Waals surface area contributed by atoms with Crippen molar-refractivity contribution in [1.82, 2.24) is 20.4 Å². The highest BCUT2D eigenvalue weighted by molar-refractivity contribution is 6.05. The Morgan fingerprint density at radius 3 is 2.61 bits per heavy atom. The lowest BCUT2D eigenvalue weighted by atomic mass is 10.1. The molecule has 1 aliphatic heterocycles. The van der Waals surface area contributed by atoms with Crippen molar-refractivity contribution < 1.29 is 13.9 Å². The average Bonchev–Trinajstić information content (AvgIpc) is 3.35. The van der Waals surface area contributed by atoms with Crippen LogP contribution in [0.1, 0.15) is 10.4 Å². The number of amides is 1. The van der Waals surface area contributed by atoms with E-state index in [1.54, 1.807) is 30.3 Å². The van der Waals surface area contributed by atoms with Crippen molar-refractivity contribution in [3.8, 4) is 17.0 Å². The van der Waals surface area contributed by atoms with Gasteiger partial charge in [0.15, 0.2) is 0 Å². The molecule has 9 heteroatoms. The Morgan fingerprint density at radius 2 is 1.81 bits per heavy atom. The number of ether oxygens (including phenoxy) is 1. The van der Waals surface area contributed by atoms with Crippen LogP contribution >= 0.6 is 0 Å². The van der Waals surface area contributed by atoms with Crippen molar-refractivity contribution in [2.24, 2.45) is 0 Å². The molecular formula is C27H21FN6O2. The molecule has 178 valence electrons. The lowest BCUT2D eigenvalue weighted by Gasteiger charge is -2.40. The van der Waals surface area contributed by atoms with E-state index < -0.39 is 11.7 Å². The minimum absolute atomic E-state index is 0.0673. The normalized spacial score (nSPS) is 13.4. The van der Waals surface area contributed by atoms with E-state index in [-0.39, 0.29) is 11.7 Å². The SMILES string of the molecule is O=C(Nc1ccc(N2CC(Oc3ccccc3)C2)cc1)c1cc(-c2ccc3[nH]nnc3n2)ccc1F. The fourth-order valence-electron chi connectivity index (χ4n) is 4.13. The zero-order chi connectivity index (χ0) is 24.5. The number of fused-ring (bicyclic) bond motifs is 1. The standard InChI is InChI=1S/C27H21FN6O2/c28-23-11-6-17(24-12-13-25-26(30-24)32-33-31-25)14-22(23)27(35)29-18-7-9-19(10-8-18)34-15-21(16-34)36-20-4-2-1-3-5-20/h1-14,21H,15-16H2,(H,29,35)(H,30,31,32,33). The van der Waals surface area contributed by atoms with Gasteiger partial charge < -0.3 is 15.0 Å². The summed E-state index contributed by atoms with van der Waals surface area (Å²) in [6.45, 7) is 1.57. The van der Waals surface area contributed by atoms with Gasteiger partial charge in [0.2, 0.25) is 5.65 Å². The zero-order valence-electron chi connectivity index (χ0n) is 19.1. The lowest BCUT2D eigenvalue weighted by molar-refractivity contribution is 0.102. The van der Waals surface area contributed by atoms with Gasteiger partial charge in [0.1, 0.15) is 23.2 Å². The number of hydrogen-bond donors (Lipinski definition) is 2. The van der Waals surface area contributed by atoms with Gasteiger partial charge in [-0.25, -0.2) is 9.37 Å². The number of nitrogens with one attached hydrogen (secondary N) is 2. The molecule has 1 aliphatic rings. The maximum absolute atomic E-state index is 14.5. The average molecular weight is 481 g/mol. The highest BCUT2D eigenvalue weighted by Crippen LogP contribution is 2.27. The highest BCUT2D eigenvalue weighted by atomic mass is 19.1. The highest BCUT2D eigenvalue weighted by Gasteiger charge is 2.28. The second-order valence-electron chi connectivity index (χ2n) is 8.53. The predicted molar refractivity (Wildman–Crippen MR) is 135 cm³/mol. The second kappa shape index (κ2) is 9.10. The first-order valence-corrected chi connectivity index (χ1v) is 11.5. The molecule has 1 saturated heterocycles. The summed E-state index contributed by atoms with van der Waals surface area (Å²) >= 11 is 0. The van der Waals surface area contributed by atoms with Gasteiger partial charge in [0.05, 0.1) is 24.3 Å². The van der Waals surface area contributed by atoms with Gasteiger partial charge in [0, 0.05) is 16.9 Å². The first-order chi connectivity index (χ1) is 17.6. The maximum atomic E-state index is 14.5. The fourth-order valence-corrected chi connectivity index (χ4v) is 4.13. The zero-order valence-corrected chi connectivity index (χ0v) is 19.1. The Kier molecular flexibility index (Phi) is 5.49. The van der Waals surface area contributed by atoms with E-state index in [1.807, 2.05) is 42.5 Å². The van der Waals surface area contributed by atoms with Gasteiger partial charge in [-0.15, -0.1) is 5.10 Å². The Hall–Kier alpha value is -4.79. The van der Waals surface area contributed by atoms with Crippen molar-refractivity contribution in [3.63, 3.8) is 0 Å². The molecular weight excluding hydrogens is 459 g/mol. The van der Waals surface area contributed by atoms with Gasteiger partial charge in [-0.2, -0.15) is 0 Å². The summed E-state index contributed by atoms with van der Waals surface area (Å²) in [5, 5.41) is 13.1. The van der Waals surface area contributed by atoms with Crippen LogP contribution in [0.25, 0.3) is 22.4 Å². The Bertz CT molecular complexity index is 1530. The number of halogens is 1. The van der Waals surface area contributed by atoms with Crippen molar-refractivity contribution >= 4 is 28.4 Å². The summed E-state index contributed by atoms with van der Waals surface area (Å²) < 4.78 is 20.5. The van der Waals surface area contributed by atoms with Crippen LogP contribution in [0.3, 0.4) is 0 Å². The summed E-state index contributed by atoms with van der Waals surface area (Å²) in [6.07, 6.45) is 0.140. The topological polar surface area (TPSA) is 96.0 Å². The van der Waals surface area contributed by atoms with Crippen LogP contribution in [0.2, 0.25) is 0 Å². The first-order valence-electron chi connectivity index (χ1n) is 11.5. The summed E-state index contributed by atoms with van der Waals surface area (Å²) in [5.74, 6) is -0.281. The summed E-state index contributed by atoms with van der Waals surface area (Å²) in [5.41, 5.74) is 3.85. The molecule has 1 amide bonds. The molecule has 0 unspecified atom stereocenters.